The van der Waals surface area contributed by atoms with Gasteiger partial charge in [-0.1, -0.05) is 85.9 Å². The summed E-state index contributed by atoms with van der Waals surface area (Å²) in [5, 5.41) is 23.2. The van der Waals surface area contributed by atoms with E-state index in [1.54, 1.807) is 36.5 Å². The standard InChI is InChI=1S/C46H43N5O6Si/c1-29-42(58(3,4)36-19-17-35(56-2)18-20-36)41(22-23-52)57-46(29)39-25-34(51-44(54)38-15-8-6-12-32(38)27-48-51)16-21-40(39)49(45(46)55)28-30-10-9-13-33(24-30)50-43(53)37-14-7-5-11-31(37)26-47-50/h5-21,24-27,29,41-42,52H,22-23,28H2,1-4H3/t29-,41+,42-,46+/m0/s1. The third-order valence-corrected chi connectivity index (χ3v) is 16.7. The van der Waals surface area contributed by atoms with Gasteiger partial charge in [-0.25, -0.2) is 0 Å². The van der Waals surface area contributed by atoms with E-state index in [0.29, 0.717) is 39.8 Å². The third-order valence-electron chi connectivity index (χ3n) is 12.4. The zero-order chi connectivity index (χ0) is 40.3. The number of aromatic nitrogens is 4. The fraction of sp³-hybridized carbons (Fsp3) is 0.239. The van der Waals surface area contributed by atoms with Gasteiger partial charge in [-0.15, -0.1) is 0 Å². The van der Waals surface area contributed by atoms with Crippen LogP contribution in [0.1, 0.15) is 24.5 Å². The Labute approximate surface area is 335 Å². The van der Waals surface area contributed by atoms with Crippen LogP contribution in [0, 0.1) is 5.92 Å². The number of benzene rings is 5. The smallest absolute Gasteiger partial charge is 0.279 e. The van der Waals surface area contributed by atoms with Crippen molar-refractivity contribution in [2.75, 3.05) is 18.6 Å². The van der Waals surface area contributed by atoms with Crippen molar-refractivity contribution in [2.45, 2.75) is 50.2 Å². The Morgan fingerprint density at radius 2 is 1.40 bits per heavy atom. The summed E-state index contributed by atoms with van der Waals surface area (Å²) < 4.78 is 15.4. The minimum atomic E-state index is -2.44. The van der Waals surface area contributed by atoms with Gasteiger partial charge in [0.25, 0.3) is 17.0 Å². The van der Waals surface area contributed by atoms with E-state index in [4.69, 9.17) is 9.47 Å². The Morgan fingerprint density at radius 3 is 2.02 bits per heavy atom. The molecule has 1 amide bonds. The molecule has 5 aromatic carbocycles. The molecule has 12 heteroatoms. The van der Waals surface area contributed by atoms with Crippen molar-refractivity contribution in [3.05, 3.63) is 159 Å². The van der Waals surface area contributed by atoms with E-state index in [-0.39, 0.29) is 41.6 Å². The number of aliphatic hydroxyl groups is 1. The van der Waals surface area contributed by atoms with Crippen LogP contribution in [0.3, 0.4) is 0 Å². The first-order valence-corrected chi connectivity index (χ1v) is 22.6. The number of amides is 1. The lowest BCUT2D eigenvalue weighted by molar-refractivity contribution is -0.146. The Kier molecular flexibility index (Phi) is 9.22. The van der Waals surface area contributed by atoms with Gasteiger partial charge in [0.15, 0.2) is 5.60 Å². The predicted molar refractivity (Wildman–Crippen MR) is 227 cm³/mol. The van der Waals surface area contributed by atoms with Crippen LogP contribution in [0.2, 0.25) is 18.6 Å². The molecular formula is C46H43N5O6Si. The van der Waals surface area contributed by atoms with Gasteiger partial charge in [-0.05, 0) is 72.1 Å². The molecule has 2 aliphatic heterocycles. The van der Waals surface area contributed by atoms with E-state index in [2.05, 4.69) is 42.3 Å². The average molecular weight is 790 g/mol. The number of ether oxygens (including phenoxy) is 2. The molecule has 292 valence electrons. The summed E-state index contributed by atoms with van der Waals surface area (Å²) in [6.45, 7) is 6.76. The number of carbonyl (C=O) groups is 1. The van der Waals surface area contributed by atoms with Crippen molar-refractivity contribution in [1.29, 1.82) is 0 Å². The molecule has 2 aromatic heterocycles. The normalized spacial score (nSPS) is 20.3. The number of fused-ring (bicyclic) bond motifs is 4. The minimum absolute atomic E-state index is 0.0795. The first-order chi connectivity index (χ1) is 28.1. The number of aliphatic hydroxyl groups excluding tert-OH is 1. The molecule has 0 radical (unpaired) electrons. The first-order valence-electron chi connectivity index (χ1n) is 19.5. The van der Waals surface area contributed by atoms with Crippen LogP contribution in [-0.2, 0) is 21.7 Å². The summed E-state index contributed by atoms with van der Waals surface area (Å²) in [4.78, 5) is 44.7. The number of carbonyl (C=O) groups excluding carboxylic acids is 1. The van der Waals surface area contributed by atoms with Crippen LogP contribution >= 0.6 is 0 Å². The SMILES string of the molecule is COc1ccc([Si](C)(C)[C@@H]2[C@@H](CCO)O[C@]3(C(=O)N(Cc4cccc(-n5ncc6ccccc6c5=O)c4)c4ccc(-n5ncc6ccccc6c5=O)cc43)[C@H]2C)cc1. The second-order valence-electron chi connectivity index (χ2n) is 15.8. The highest BCUT2D eigenvalue weighted by Crippen LogP contribution is 2.60. The van der Waals surface area contributed by atoms with E-state index in [1.165, 1.54) is 14.6 Å². The van der Waals surface area contributed by atoms with Gasteiger partial charge < -0.3 is 19.5 Å². The van der Waals surface area contributed by atoms with Gasteiger partial charge in [0.2, 0.25) is 0 Å². The van der Waals surface area contributed by atoms with E-state index < -0.39 is 19.8 Å². The monoisotopic (exact) mass is 789 g/mol. The maximum absolute atomic E-state index is 15.5. The van der Waals surface area contributed by atoms with Gasteiger partial charge >= 0.3 is 0 Å². The summed E-state index contributed by atoms with van der Waals surface area (Å²) in [6.07, 6.45) is 3.27. The second-order valence-corrected chi connectivity index (χ2v) is 20.5. The maximum atomic E-state index is 15.5. The van der Waals surface area contributed by atoms with Crippen molar-refractivity contribution in [3.63, 3.8) is 0 Å². The molecule has 2 aliphatic rings. The highest BCUT2D eigenvalue weighted by atomic mass is 28.3. The molecular weight excluding hydrogens is 747 g/mol. The zero-order valence-electron chi connectivity index (χ0n) is 32.7. The van der Waals surface area contributed by atoms with Gasteiger partial charge in [0.1, 0.15) is 5.75 Å². The fourth-order valence-electron chi connectivity index (χ4n) is 9.51. The molecule has 4 heterocycles. The van der Waals surface area contributed by atoms with Gasteiger partial charge in [0, 0.05) is 28.9 Å². The molecule has 1 N–H and O–H groups in total. The molecule has 0 aliphatic carbocycles. The molecule has 0 unspecified atom stereocenters. The summed E-state index contributed by atoms with van der Waals surface area (Å²) in [5.41, 5.74) is 1.17. The number of hydrogen-bond acceptors (Lipinski definition) is 8. The number of nitrogens with zero attached hydrogens (tertiary/aromatic N) is 5. The zero-order valence-corrected chi connectivity index (χ0v) is 33.7. The van der Waals surface area contributed by atoms with Crippen molar-refractivity contribution in [3.8, 4) is 17.1 Å². The van der Waals surface area contributed by atoms with Crippen molar-refractivity contribution in [2.24, 2.45) is 5.92 Å². The average Bonchev–Trinajstić information content (AvgIpc) is 3.67. The van der Waals surface area contributed by atoms with Crippen LogP contribution in [0.4, 0.5) is 5.69 Å². The predicted octanol–water partition coefficient (Wildman–Crippen LogP) is 6.24. The topological polar surface area (TPSA) is 129 Å². The number of rotatable bonds is 9. The van der Waals surface area contributed by atoms with E-state index in [0.717, 1.165) is 22.1 Å². The van der Waals surface area contributed by atoms with Crippen LogP contribution in [-0.4, -0.2) is 58.5 Å². The molecule has 1 fully saturated rings. The first kappa shape index (κ1) is 37.4. The summed E-state index contributed by atoms with van der Waals surface area (Å²) in [7, 11) is -0.797. The number of anilines is 1. The molecule has 0 bridgehead atoms. The van der Waals surface area contributed by atoms with E-state index in [1.807, 2.05) is 91.0 Å². The van der Waals surface area contributed by atoms with Crippen LogP contribution in [0.5, 0.6) is 5.75 Å². The minimum Gasteiger partial charge on any atom is -0.497 e. The Morgan fingerprint density at radius 1 is 0.776 bits per heavy atom. The molecule has 1 spiro atoms. The Balaban J connectivity index is 1.17. The molecule has 9 rings (SSSR count). The van der Waals surface area contributed by atoms with Gasteiger partial charge in [-0.3, -0.25) is 14.4 Å². The van der Waals surface area contributed by atoms with Gasteiger partial charge in [-0.2, -0.15) is 19.6 Å². The van der Waals surface area contributed by atoms with Crippen LogP contribution in [0.25, 0.3) is 32.9 Å². The number of hydrogen-bond donors (Lipinski definition) is 1. The molecule has 11 nitrogen and oxygen atoms in total. The molecule has 7 aromatic rings. The number of methoxy groups -OCH3 is 1. The lowest BCUT2D eigenvalue weighted by atomic mass is 9.82. The quantitative estimate of drug-likeness (QED) is 0.171. The van der Waals surface area contributed by atoms with E-state index >= 15 is 4.79 Å². The Hall–Kier alpha value is -6.21. The summed E-state index contributed by atoms with van der Waals surface area (Å²) in [6, 6.07) is 35.9. The second kappa shape index (κ2) is 14.3. The highest BCUT2D eigenvalue weighted by molar-refractivity contribution is 6.91. The van der Waals surface area contributed by atoms with Crippen molar-refractivity contribution >= 4 is 46.4 Å². The molecule has 0 saturated carbocycles. The van der Waals surface area contributed by atoms with Crippen molar-refractivity contribution < 1.29 is 19.4 Å². The lowest BCUT2D eigenvalue weighted by Gasteiger charge is -2.37. The highest BCUT2D eigenvalue weighted by Gasteiger charge is 2.66. The van der Waals surface area contributed by atoms with Crippen molar-refractivity contribution in [1.82, 2.24) is 19.6 Å². The largest absolute Gasteiger partial charge is 0.497 e. The molecule has 58 heavy (non-hydrogen) atoms. The summed E-state index contributed by atoms with van der Waals surface area (Å²) >= 11 is 0. The van der Waals surface area contributed by atoms with E-state index in [9.17, 15) is 14.7 Å². The third kappa shape index (κ3) is 5.81. The van der Waals surface area contributed by atoms with Crippen LogP contribution in [0.15, 0.2) is 137 Å². The lowest BCUT2D eigenvalue weighted by Crippen LogP contribution is -2.51. The maximum Gasteiger partial charge on any atom is 0.279 e. The fourth-order valence-corrected chi connectivity index (χ4v) is 13.6. The summed E-state index contributed by atoms with van der Waals surface area (Å²) in [5.74, 6) is 0.216. The van der Waals surface area contributed by atoms with Gasteiger partial charge in [0.05, 0.1) is 68.1 Å². The Bertz CT molecular complexity index is 2860. The molecule has 4 atom stereocenters. The molecule has 1 saturated heterocycles. The van der Waals surface area contributed by atoms with Crippen LogP contribution < -0.4 is 25.9 Å².